The lowest BCUT2D eigenvalue weighted by molar-refractivity contribution is -0.143. The maximum Gasteiger partial charge on any atom is 0.305 e. The van der Waals surface area contributed by atoms with Gasteiger partial charge < -0.3 is 4.74 Å². The Morgan fingerprint density at radius 3 is 2.09 bits per heavy atom. The van der Waals surface area contributed by atoms with Gasteiger partial charge in [-0.1, -0.05) is 57.3 Å². The summed E-state index contributed by atoms with van der Waals surface area (Å²) in [6.07, 6.45) is 21.4. The molecule has 2 heteroatoms. The zero-order valence-corrected chi connectivity index (χ0v) is 14.7. The monoisotopic (exact) mass is 308 g/mol. The summed E-state index contributed by atoms with van der Waals surface area (Å²) in [6.45, 7) is 6.39. The predicted octanol–water partition coefficient (Wildman–Crippen LogP) is 6.36. The van der Waals surface area contributed by atoms with Crippen LogP contribution in [0.5, 0.6) is 0 Å². The van der Waals surface area contributed by atoms with Crippen molar-refractivity contribution in [3.05, 3.63) is 24.8 Å². The second-order valence-corrected chi connectivity index (χ2v) is 5.93. The Morgan fingerprint density at radius 1 is 0.864 bits per heavy atom. The highest BCUT2D eigenvalue weighted by atomic mass is 16.5. The standard InChI is InChI=1S/C20H36O2/c1-3-5-7-8-9-10-11-12-13-14-15-16-17-19-22-20(21)18-6-4-2/h3,14-15H,1,4-13,16-19H2,2H3/b15-14+. The predicted molar refractivity (Wildman–Crippen MR) is 96.0 cm³/mol. The number of hydrogen-bond donors (Lipinski definition) is 0. The van der Waals surface area contributed by atoms with Gasteiger partial charge in [0.1, 0.15) is 0 Å². The first-order valence-electron chi connectivity index (χ1n) is 9.22. The van der Waals surface area contributed by atoms with E-state index >= 15 is 0 Å². The molecule has 2 nitrogen and oxygen atoms in total. The van der Waals surface area contributed by atoms with Gasteiger partial charge in [-0.25, -0.2) is 0 Å². The molecule has 0 aromatic heterocycles. The van der Waals surface area contributed by atoms with Crippen LogP contribution in [0.25, 0.3) is 0 Å². The van der Waals surface area contributed by atoms with Gasteiger partial charge in [0.15, 0.2) is 0 Å². The van der Waals surface area contributed by atoms with E-state index in [0.717, 1.165) is 32.1 Å². The van der Waals surface area contributed by atoms with Crippen LogP contribution in [0.15, 0.2) is 24.8 Å². The third-order valence-electron chi connectivity index (χ3n) is 3.71. The van der Waals surface area contributed by atoms with Crippen molar-refractivity contribution in [2.75, 3.05) is 6.61 Å². The number of esters is 1. The summed E-state index contributed by atoms with van der Waals surface area (Å²) in [7, 11) is 0. The normalized spacial score (nSPS) is 11.0. The molecule has 0 aliphatic carbocycles. The molecule has 0 aliphatic rings. The summed E-state index contributed by atoms with van der Waals surface area (Å²) in [6, 6.07) is 0. The van der Waals surface area contributed by atoms with E-state index in [1.165, 1.54) is 44.9 Å². The molecule has 0 atom stereocenters. The van der Waals surface area contributed by atoms with Crippen molar-refractivity contribution in [1.82, 2.24) is 0 Å². The highest BCUT2D eigenvalue weighted by Crippen LogP contribution is 2.09. The molecule has 128 valence electrons. The molecule has 0 fully saturated rings. The zero-order valence-electron chi connectivity index (χ0n) is 14.7. The van der Waals surface area contributed by atoms with E-state index in [-0.39, 0.29) is 5.97 Å². The van der Waals surface area contributed by atoms with E-state index in [1.54, 1.807) is 0 Å². The summed E-state index contributed by atoms with van der Waals surface area (Å²) in [4.78, 5) is 11.3. The molecule has 0 heterocycles. The van der Waals surface area contributed by atoms with Crippen molar-refractivity contribution in [3.63, 3.8) is 0 Å². The van der Waals surface area contributed by atoms with E-state index in [4.69, 9.17) is 4.74 Å². The number of ether oxygens (including phenoxy) is 1. The minimum atomic E-state index is -0.0427. The third-order valence-corrected chi connectivity index (χ3v) is 3.71. The van der Waals surface area contributed by atoms with Crippen molar-refractivity contribution in [1.29, 1.82) is 0 Å². The van der Waals surface area contributed by atoms with E-state index in [0.29, 0.717) is 13.0 Å². The third kappa shape index (κ3) is 17.0. The largest absolute Gasteiger partial charge is 0.466 e. The molecule has 22 heavy (non-hydrogen) atoms. The Morgan fingerprint density at radius 2 is 1.45 bits per heavy atom. The smallest absolute Gasteiger partial charge is 0.305 e. The van der Waals surface area contributed by atoms with Crippen LogP contribution in [-0.4, -0.2) is 12.6 Å². The number of allylic oxidation sites excluding steroid dienone is 3. The van der Waals surface area contributed by atoms with E-state index in [2.05, 4.69) is 25.7 Å². The first-order chi connectivity index (χ1) is 10.8. The lowest BCUT2D eigenvalue weighted by Crippen LogP contribution is -2.05. The molecule has 0 N–H and O–H groups in total. The van der Waals surface area contributed by atoms with Gasteiger partial charge in [-0.15, -0.1) is 6.58 Å². The number of hydrogen-bond acceptors (Lipinski definition) is 2. The molecule has 0 saturated heterocycles. The molecule has 0 amide bonds. The molecule has 0 unspecified atom stereocenters. The Labute approximate surface area is 138 Å². The van der Waals surface area contributed by atoms with Crippen LogP contribution >= 0.6 is 0 Å². The van der Waals surface area contributed by atoms with Gasteiger partial charge in [-0.3, -0.25) is 4.79 Å². The number of carbonyl (C=O) groups is 1. The summed E-state index contributed by atoms with van der Waals surface area (Å²) in [5, 5.41) is 0. The fourth-order valence-electron chi connectivity index (χ4n) is 2.27. The minimum absolute atomic E-state index is 0.0427. The van der Waals surface area contributed by atoms with Crippen LogP contribution in [0.1, 0.15) is 90.4 Å². The Kier molecular flexibility index (Phi) is 17.1. The number of rotatable bonds is 16. The molecule has 0 aromatic rings. The Hall–Kier alpha value is -1.05. The van der Waals surface area contributed by atoms with Crippen molar-refractivity contribution in [3.8, 4) is 0 Å². The summed E-state index contributed by atoms with van der Waals surface area (Å²) >= 11 is 0. The Balaban J connectivity index is 3.17. The van der Waals surface area contributed by atoms with E-state index < -0.39 is 0 Å². The second-order valence-electron chi connectivity index (χ2n) is 5.93. The molecular weight excluding hydrogens is 272 g/mol. The maximum atomic E-state index is 11.3. The summed E-state index contributed by atoms with van der Waals surface area (Å²) in [5.74, 6) is -0.0427. The van der Waals surface area contributed by atoms with Gasteiger partial charge >= 0.3 is 5.97 Å². The van der Waals surface area contributed by atoms with Crippen LogP contribution in [0.2, 0.25) is 0 Å². The van der Waals surface area contributed by atoms with Crippen molar-refractivity contribution in [2.45, 2.75) is 90.4 Å². The molecule has 0 radical (unpaired) electrons. The average Bonchev–Trinajstić information content (AvgIpc) is 2.53. The topological polar surface area (TPSA) is 26.3 Å². The van der Waals surface area contributed by atoms with Crippen molar-refractivity contribution >= 4 is 5.97 Å². The van der Waals surface area contributed by atoms with Crippen LogP contribution in [-0.2, 0) is 9.53 Å². The molecular formula is C20H36O2. The van der Waals surface area contributed by atoms with Crippen LogP contribution in [0, 0.1) is 0 Å². The fourth-order valence-corrected chi connectivity index (χ4v) is 2.27. The van der Waals surface area contributed by atoms with Crippen LogP contribution in [0.3, 0.4) is 0 Å². The number of carbonyl (C=O) groups excluding carboxylic acids is 1. The van der Waals surface area contributed by atoms with Gasteiger partial charge in [0.25, 0.3) is 0 Å². The Bertz CT molecular complexity index is 281. The zero-order chi connectivity index (χ0) is 16.3. The van der Waals surface area contributed by atoms with Gasteiger partial charge in [-0.05, 0) is 44.9 Å². The van der Waals surface area contributed by atoms with Crippen LogP contribution in [0.4, 0.5) is 0 Å². The first-order valence-corrected chi connectivity index (χ1v) is 9.22. The fraction of sp³-hybridized carbons (Fsp3) is 0.750. The maximum absolute atomic E-state index is 11.3. The second kappa shape index (κ2) is 18.0. The summed E-state index contributed by atoms with van der Waals surface area (Å²) < 4.78 is 5.17. The SMILES string of the molecule is C=CCCCCCCCC/C=C/CCCOC(=O)CCCC. The highest BCUT2D eigenvalue weighted by molar-refractivity contribution is 5.69. The lowest BCUT2D eigenvalue weighted by Gasteiger charge is -2.02. The molecule has 0 spiro atoms. The van der Waals surface area contributed by atoms with Gasteiger partial charge in [0.2, 0.25) is 0 Å². The average molecular weight is 309 g/mol. The van der Waals surface area contributed by atoms with Gasteiger partial charge in [0.05, 0.1) is 6.61 Å². The molecule has 0 aromatic carbocycles. The van der Waals surface area contributed by atoms with Crippen molar-refractivity contribution in [2.24, 2.45) is 0 Å². The molecule has 0 saturated carbocycles. The first kappa shape index (κ1) is 20.9. The molecule has 0 rings (SSSR count). The van der Waals surface area contributed by atoms with Crippen molar-refractivity contribution < 1.29 is 9.53 Å². The van der Waals surface area contributed by atoms with Gasteiger partial charge in [0, 0.05) is 6.42 Å². The molecule has 0 aliphatic heterocycles. The summed E-state index contributed by atoms with van der Waals surface area (Å²) in [5.41, 5.74) is 0. The van der Waals surface area contributed by atoms with Crippen LogP contribution < -0.4 is 0 Å². The minimum Gasteiger partial charge on any atom is -0.466 e. The van der Waals surface area contributed by atoms with Gasteiger partial charge in [-0.2, -0.15) is 0 Å². The highest BCUT2D eigenvalue weighted by Gasteiger charge is 2.00. The van der Waals surface area contributed by atoms with E-state index in [1.807, 2.05) is 6.08 Å². The molecule has 0 bridgehead atoms. The lowest BCUT2D eigenvalue weighted by atomic mass is 10.1. The number of unbranched alkanes of at least 4 members (excludes halogenated alkanes) is 9. The van der Waals surface area contributed by atoms with E-state index in [9.17, 15) is 4.79 Å². The quantitative estimate of drug-likeness (QED) is 0.188.